The molecule has 3 rings (SSSR count). The molecule has 0 aromatic heterocycles. The highest BCUT2D eigenvalue weighted by Gasteiger charge is 2.12. The van der Waals surface area contributed by atoms with Crippen LogP contribution < -0.4 is 20.1 Å². The minimum atomic E-state index is -0.127. The Morgan fingerprint density at radius 1 is 1.09 bits per heavy atom. The van der Waals surface area contributed by atoms with Gasteiger partial charge in [0.1, 0.15) is 13.2 Å². The Morgan fingerprint density at radius 2 is 1.83 bits per heavy atom. The van der Waals surface area contributed by atoms with Crippen molar-refractivity contribution in [3.8, 4) is 11.5 Å². The molecule has 0 fully saturated rings. The summed E-state index contributed by atoms with van der Waals surface area (Å²) in [5, 5.41) is 5.94. The van der Waals surface area contributed by atoms with Crippen molar-refractivity contribution in [2.24, 2.45) is 0 Å². The van der Waals surface area contributed by atoms with E-state index in [9.17, 15) is 4.79 Å². The highest BCUT2D eigenvalue weighted by molar-refractivity contribution is 9.10. The van der Waals surface area contributed by atoms with Crippen LogP contribution in [0.2, 0.25) is 0 Å². The van der Waals surface area contributed by atoms with Crippen molar-refractivity contribution in [3.05, 3.63) is 46.4 Å². The summed E-state index contributed by atoms with van der Waals surface area (Å²) in [6.45, 7) is 3.27. The summed E-state index contributed by atoms with van der Waals surface area (Å²) in [7, 11) is 0. The van der Waals surface area contributed by atoms with Gasteiger partial charge in [0.25, 0.3) is 0 Å². The van der Waals surface area contributed by atoms with Gasteiger partial charge >= 0.3 is 0 Å². The van der Waals surface area contributed by atoms with Crippen LogP contribution in [0.4, 0.5) is 11.4 Å². The zero-order chi connectivity index (χ0) is 16.2. The number of rotatable bonds is 4. The number of nitrogens with one attached hydrogen (secondary N) is 2. The van der Waals surface area contributed by atoms with Gasteiger partial charge in [-0.2, -0.15) is 0 Å². The summed E-state index contributed by atoms with van der Waals surface area (Å²) in [4.78, 5) is 12.0. The van der Waals surface area contributed by atoms with Crippen LogP contribution in [-0.4, -0.2) is 25.7 Å². The SMILES string of the molecule is Cc1ccc(NCC(=O)Nc2ccc3c(c2)OCCO3)cc1Br. The quantitative estimate of drug-likeness (QED) is 0.855. The highest BCUT2D eigenvalue weighted by atomic mass is 79.9. The number of benzene rings is 2. The lowest BCUT2D eigenvalue weighted by Gasteiger charge is -2.19. The van der Waals surface area contributed by atoms with Crippen molar-refractivity contribution in [1.82, 2.24) is 0 Å². The van der Waals surface area contributed by atoms with Crippen LogP contribution in [-0.2, 0) is 4.79 Å². The fourth-order valence-corrected chi connectivity index (χ4v) is 2.59. The Bertz CT molecular complexity index is 734. The molecule has 120 valence electrons. The molecule has 2 aromatic rings. The van der Waals surface area contributed by atoms with E-state index in [-0.39, 0.29) is 12.5 Å². The van der Waals surface area contributed by atoms with Gasteiger partial charge in [-0.3, -0.25) is 4.79 Å². The second-order valence-corrected chi connectivity index (χ2v) is 6.08. The third-order valence-electron chi connectivity index (χ3n) is 3.45. The number of ether oxygens (including phenoxy) is 2. The topological polar surface area (TPSA) is 59.6 Å². The zero-order valence-electron chi connectivity index (χ0n) is 12.7. The third-order valence-corrected chi connectivity index (χ3v) is 4.31. The molecular formula is C17H17BrN2O3. The maximum atomic E-state index is 12.0. The van der Waals surface area contributed by atoms with Gasteiger partial charge in [0, 0.05) is 21.9 Å². The van der Waals surface area contributed by atoms with E-state index in [0.29, 0.717) is 30.4 Å². The first kappa shape index (κ1) is 15.7. The normalized spacial score (nSPS) is 12.6. The van der Waals surface area contributed by atoms with Crippen LogP contribution in [0.5, 0.6) is 11.5 Å². The van der Waals surface area contributed by atoms with E-state index in [2.05, 4.69) is 26.6 Å². The van der Waals surface area contributed by atoms with Gasteiger partial charge in [-0.15, -0.1) is 0 Å². The van der Waals surface area contributed by atoms with Crippen molar-refractivity contribution in [3.63, 3.8) is 0 Å². The van der Waals surface area contributed by atoms with E-state index in [1.807, 2.05) is 25.1 Å². The smallest absolute Gasteiger partial charge is 0.243 e. The highest BCUT2D eigenvalue weighted by Crippen LogP contribution is 2.32. The Kier molecular flexibility index (Phi) is 4.71. The molecule has 0 saturated carbocycles. The Hall–Kier alpha value is -2.21. The van der Waals surface area contributed by atoms with Gasteiger partial charge in [-0.25, -0.2) is 0 Å². The van der Waals surface area contributed by atoms with Crippen molar-refractivity contribution in [1.29, 1.82) is 0 Å². The summed E-state index contributed by atoms with van der Waals surface area (Å²) in [5.41, 5.74) is 2.72. The summed E-state index contributed by atoms with van der Waals surface area (Å²) in [6, 6.07) is 11.3. The van der Waals surface area contributed by atoms with E-state index in [1.54, 1.807) is 18.2 Å². The average Bonchev–Trinajstić information content (AvgIpc) is 2.56. The van der Waals surface area contributed by atoms with Crippen LogP contribution in [0.25, 0.3) is 0 Å². The van der Waals surface area contributed by atoms with Crippen molar-refractivity contribution in [2.45, 2.75) is 6.92 Å². The Morgan fingerprint density at radius 3 is 2.61 bits per heavy atom. The van der Waals surface area contributed by atoms with E-state index in [1.165, 1.54) is 0 Å². The summed E-state index contributed by atoms with van der Waals surface area (Å²) in [5.74, 6) is 1.24. The second kappa shape index (κ2) is 6.91. The maximum Gasteiger partial charge on any atom is 0.243 e. The first-order chi connectivity index (χ1) is 11.1. The fraction of sp³-hybridized carbons (Fsp3) is 0.235. The van der Waals surface area contributed by atoms with Gasteiger partial charge in [-0.05, 0) is 36.8 Å². The number of carbonyl (C=O) groups is 1. The molecule has 2 aromatic carbocycles. The molecule has 6 heteroatoms. The first-order valence-electron chi connectivity index (χ1n) is 7.31. The third kappa shape index (κ3) is 3.96. The molecule has 1 heterocycles. The number of hydrogen-bond donors (Lipinski definition) is 2. The summed E-state index contributed by atoms with van der Waals surface area (Å²) in [6.07, 6.45) is 0. The fourth-order valence-electron chi connectivity index (χ4n) is 2.21. The lowest BCUT2D eigenvalue weighted by molar-refractivity contribution is -0.114. The molecule has 23 heavy (non-hydrogen) atoms. The Balaban J connectivity index is 1.57. The molecule has 0 radical (unpaired) electrons. The van der Waals surface area contributed by atoms with Crippen LogP contribution in [0.1, 0.15) is 5.56 Å². The van der Waals surface area contributed by atoms with Crippen molar-refractivity contribution >= 4 is 33.2 Å². The number of halogens is 1. The molecule has 1 aliphatic heterocycles. The molecule has 0 atom stereocenters. The lowest BCUT2D eigenvalue weighted by atomic mass is 10.2. The van der Waals surface area contributed by atoms with Crippen molar-refractivity contribution in [2.75, 3.05) is 30.4 Å². The predicted octanol–water partition coefficient (Wildman–Crippen LogP) is 3.58. The van der Waals surface area contributed by atoms with E-state index in [0.717, 1.165) is 15.7 Å². The minimum absolute atomic E-state index is 0.127. The second-order valence-electron chi connectivity index (χ2n) is 5.22. The molecule has 0 spiro atoms. The molecular weight excluding hydrogens is 360 g/mol. The number of amides is 1. The minimum Gasteiger partial charge on any atom is -0.486 e. The number of aryl methyl sites for hydroxylation is 1. The standard InChI is InChI=1S/C17H17BrN2O3/c1-11-2-3-12(8-14(11)18)19-10-17(21)20-13-4-5-15-16(9-13)23-7-6-22-15/h2-5,8-9,19H,6-7,10H2,1H3,(H,20,21). The van der Waals surface area contributed by atoms with E-state index < -0.39 is 0 Å². The molecule has 1 amide bonds. The monoisotopic (exact) mass is 376 g/mol. The van der Waals surface area contributed by atoms with Gasteiger partial charge < -0.3 is 20.1 Å². The van der Waals surface area contributed by atoms with E-state index in [4.69, 9.17) is 9.47 Å². The van der Waals surface area contributed by atoms with Gasteiger partial charge in [-0.1, -0.05) is 22.0 Å². The number of hydrogen-bond acceptors (Lipinski definition) is 4. The van der Waals surface area contributed by atoms with Gasteiger partial charge in [0.2, 0.25) is 5.91 Å². The average molecular weight is 377 g/mol. The first-order valence-corrected chi connectivity index (χ1v) is 8.10. The number of anilines is 2. The van der Waals surface area contributed by atoms with Crippen LogP contribution in [0.15, 0.2) is 40.9 Å². The molecule has 5 nitrogen and oxygen atoms in total. The summed E-state index contributed by atoms with van der Waals surface area (Å²) < 4.78 is 12.0. The van der Waals surface area contributed by atoms with Gasteiger partial charge in [0.15, 0.2) is 11.5 Å². The van der Waals surface area contributed by atoms with E-state index >= 15 is 0 Å². The Labute approximate surface area is 143 Å². The van der Waals surface area contributed by atoms with Crippen LogP contribution >= 0.6 is 15.9 Å². The molecule has 0 unspecified atom stereocenters. The maximum absolute atomic E-state index is 12.0. The molecule has 0 bridgehead atoms. The van der Waals surface area contributed by atoms with Crippen LogP contribution in [0, 0.1) is 6.92 Å². The molecule has 0 aliphatic carbocycles. The largest absolute Gasteiger partial charge is 0.486 e. The lowest BCUT2D eigenvalue weighted by Crippen LogP contribution is -2.22. The summed E-state index contributed by atoms with van der Waals surface area (Å²) >= 11 is 3.48. The zero-order valence-corrected chi connectivity index (χ0v) is 14.3. The van der Waals surface area contributed by atoms with Crippen molar-refractivity contribution < 1.29 is 14.3 Å². The van der Waals surface area contributed by atoms with Crippen LogP contribution in [0.3, 0.4) is 0 Å². The number of fused-ring (bicyclic) bond motifs is 1. The number of carbonyl (C=O) groups excluding carboxylic acids is 1. The molecule has 2 N–H and O–H groups in total. The molecule has 0 saturated heterocycles. The van der Waals surface area contributed by atoms with Gasteiger partial charge in [0.05, 0.1) is 6.54 Å². The predicted molar refractivity (Wildman–Crippen MR) is 93.4 cm³/mol. The molecule has 1 aliphatic rings.